The summed E-state index contributed by atoms with van der Waals surface area (Å²) in [7, 11) is 0. The molecule has 0 unspecified atom stereocenters. The highest BCUT2D eigenvalue weighted by Gasteiger charge is 2.18. The molecule has 0 amide bonds. The average molecular weight is 378 g/mol. The van der Waals surface area contributed by atoms with E-state index in [0.717, 1.165) is 22.5 Å². The number of nitrogens with zero attached hydrogens (tertiary/aromatic N) is 4. The number of fused-ring (bicyclic) bond motifs is 1. The van der Waals surface area contributed by atoms with Crippen molar-refractivity contribution in [2.24, 2.45) is 0 Å². The molecule has 0 bridgehead atoms. The molecule has 0 N–H and O–H groups in total. The molecule has 0 radical (unpaired) electrons. The maximum absolute atomic E-state index is 13.5. The topological polar surface area (TPSA) is 52.7 Å². The van der Waals surface area contributed by atoms with Crippen molar-refractivity contribution in [3.05, 3.63) is 107 Å². The van der Waals surface area contributed by atoms with Gasteiger partial charge in [-0.1, -0.05) is 60.7 Å². The minimum Gasteiger partial charge on any atom is -0.268 e. The largest absolute Gasteiger partial charge is 0.269 e. The van der Waals surface area contributed by atoms with Crippen molar-refractivity contribution in [1.82, 2.24) is 19.3 Å². The summed E-state index contributed by atoms with van der Waals surface area (Å²) in [5.74, 6) is 0.589. The van der Waals surface area contributed by atoms with Crippen LogP contribution in [-0.2, 0) is 0 Å². The first-order chi connectivity index (χ1) is 14.2. The summed E-state index contributed by atoms with van der Waals surface area (Å²) in [6, 6.07) is 27.4. The van der Waals surface area contributed by atoms with Crippen molar-refractivity contribution in [3.63, 3.8) is 0 Å². The maximum atomic E-state index is 13.5. The fourth-order valence-electron chi connectivity index (χ4n) is 3.51. The van der Waals surface area contributed by atoms with Gasteiger partial charge in [0.2, 0.25) is 0 Å². The lowest BCUT2D eigenvalue weighted by Crippen LogP contribution is -2.22. The molecule has 0 saturated carbocycles. The minimum absolute atomic E-state index is 0.137. The van der Waals surface area contributed by atoms with Gasteiger partial charge >= 0.3 is 0 Å². The van der Waals surface area contributed by atoms with Gasteiger partial charge in [0, 0.05) is 5.56 Å². The van der Waals surface area contributed by atoms with Crippen molar-refractivity contribution < 1.29 is 0 Å². The fourth-order valence-corrected chi connectivity index (χ4v) is 3.51. The van der Waals surface area contributed by atoms with Crippen LogP contribution in [0, 0.1) is 6.92 Å². The molecule has 5 rings (SSSR count). The van der Waals surface area contributed by atoms with Crippen LogP contribution in [0.25, 0.3) is 33.8 Å². The van der Waals surface area contributed by atoms with Gasteiger partial charge in [-0.05, 0) is 36.8 Å². The van der Waals surface area contributed by atoms with E-state index in [-0.39, 0.29) is 5.56 Å². The zero-order valence-electron chi connectivity index (χ0n) is 15.9. The zero-order valence-corrected chi connectivity index (χ0v) is 15.9. The van der Waals surface area contributed by atoms with Crippen LogP contribution >= 0.6 is 0 Å². The van der Waals surface area contributed by atoms with E-state index in [0.29, 0.717) is 16.9 Å². The standard InChI is InChI=1S/C24H18N4O/c1-17-9-8-14-20(15-17)27-22(18-10-4-2-5-11-18)26-23-21(24(27)29)16-25-28(23)19-12-6-3-7-13-19/h2-16H,1H3. The van der Waals surface area contributed by atoms with Gasteiger partial charge in [0.15, 0.2) is 5.65 Å². The van der Waals surface area contributed by atoms with Gasteiger partial charge in [0.25, 0.3) is 5.56 Å². The Balaban J connectivity index is 1.87. The lowest BCUT2D eigenvalue weighted by atomic mass is 10.1. The third-order valence-corrected chi connectivity index (χ3v) is 4.89. The molecule has 5 aromatic rings. The highest BCUT2D eigenvalue weighted by Crippen LogP contribution is 2.23. The normalized spacial score (nSPS) is 11.1. The third kappa shape index (κ3) is 2.93. The summed E-state index contributed by atoms with van der Waals surface area (Å²) in [5, 5.41) is 4.94. The zero-order chi connectivity index (χ0) is 19.8. The van der Waals surface area contributed by atoms with Crippen molar-refractivity contribution >= 4 is 11.0 Å². The quantitative estimate of drug-likeness (QED) is 0.463. The summed E-state index contributed by atoms with van der Waals surface area (Å²) < 4.78 is 3.38. The van der Waals surface area contributed by atoms with E-state index < -0.39 is 0 Å². The van der Waals surface area contributed by atoms with Gasteiger partial charge in [0.05, 0.1) is 17.6 Å². The number of aryl methyl sites for hydroxylation is 1. The van der Waals surface area contributed by atoms with Crippen LogP contribution < -0.4 is 5.56 Å². The second-order valence-electron chi connectivity index (χ2n) is 6.91. The Morgan fingerprint density at radius 3 is 2.21 bits per heavy atom. The van der Waals surface area contributed by atoms with Crippen LogP contribution in [0.3, 0.4) is 0 Å². The maximum Gasteiger partial charge on any atom is 0.269 e. The van der Waals surface area contributed by atoms with Crippen LogP contribution in [0.1, 0.15) is 5.56 Å². The molecule has 0 atom stereocenters. The SMILES string of the molecule is Cc1cccc(-n2c(-c3ccccc3)nc3c(cnn3-c3ccccc3)c2=O)c1. The molecular formula is C24H18N4O. The monoisotopic (exact) mass is 378 g/mol. The van der Waals surface area contributed by atoms with Crippen LogP contribution in [-0.4, -0.2) is 19.3 Å². The minimum atomic E-state index is -0.137. The number of para-hydroxylation sites is 1. The molecule has 0 saturated heterocycles. The molecule has 0 aliphatic heterocycles. The van der Waals surface area contributed by atoms with Crippen molar-refractivity contribution in [3.8, 4) is 22.8 Å². The van der Waals surface area contributed by atoms with E-state index in [1.54, 1.807) is 15.4 Å². The van der Waals surface area contributed by atoms with E-state index in [1.165, 1.54) is 0 Å². The van der Waals surface area contributed by atoms with E-state index >= 15 is 0 Å². The molecule has 0 fully saturated rings. The summed E-state index contributed by atoms with van der Waals surface area (Å²) in [4.78, 5) is 18.5. The molecule has 5 heteroatoms. The van der Waals surface area contributed by atoms with Crippen LogP contribution in [0.15, 0.2) is 95.9 Å². The Bertz CT molecular complexity index is 1370. The van der Waals surface area contributed by atoms with Gasteiger partial charge in [-0.25, -0.2) is 9.67 Å². The van der Waals surface area contributed by atoms with E-state index in [4.69, 9.17) is 4.98 Å². The first kappa shape index (κ1) is 17.1. The van der Waals surface area contributed by atoms with Crippen LogP contribution in [0.2, 0.25) is 0 Å². The fraction of sp³-hybridized carbons (Fsp3) is 0.0417. The van der Waals surface area contributed by atoms with E-state index in [2.05, 4.69) is 5.10 Å². The number of hydrogen-bond acceptors (Lipinski definition) is 3. The molecule has 2 heterocycles. The van der Waals surface area contributed by atoms with Crippen molar-refractivity contribution in [1.29, 1.82) is 0 Å². The molecule has 0 aliphatic carbocycles. The Morgan fingerprint density at radius 2 is 1.48 bits per heavy atom. The van der Waals surface area contributed by atoms with Crippen molar-refractivity contribution in [2.75, 3.05) is 0 Å². The summed E-state index contributed by atoms with van der Waals surface area (Å²) in [6.45, 7) is 2.01. The van der Waals surface area contributed by atoms with E-state index in [9.17, 15) is 4.79 Å². The van der Waals surface area contributed by atoms with Gasteiger partial charge in [0.1, 0.15) is 11.2 Å². The second kappa shape index (κ2) is 6.87. The van der Waals surface area contributed by atoms with Crippen molar-refractivity contribution in [2.45, 2.75) is 6.92 Å². The number of rotatable bonds is 3. The highest BCUT2D eigenvalue weighted by molar-refractivity contribution is 5.78. The number of benzene rings is 3. The lowest BCUT2D eigenvalue weighted by molar-refractivity contribution is 0.888. The molecule has 3 aromatic carbocycles. The summed E-state index contributed by atoms with van der Waals surface area (Å²) in [5.41, 5.74) is 4.00. The predicted octanol–water partition coefficient (Wildman–Crippen LogP) is 4.55. The Morgan fingerprint density at radius 1 is 0.793 bits per heavy atom. The number of aromatic nitrogens is 4. The number of hydrogen-bond donors (Lipinski definition) is 0. The predicted molar refractivity (Wildman–Crippen MR) is 115 cm³/mol. The molecule has 5 nitrogen and oxygen atoms in total. The first-order valence-corrected chi connectivity index (χ1v) is 9.41. The average Bonchev–Trinajstić information content (AvgIpc) is 3.19. The van der Waals surface area contributed by atoms with Gasteiger partial charge in [-0.2, -0.15) is 5.10 Å². The Kier molecular flexibility index (Phi) is 4.06. The summed E-state index contributed by atoms with van der Waals surface area (Å²) >= 11 is 0. The summed E-state index contributed by atoms with van der Waals surface area (Å²) in [6.07, 6.45) is 1.60. The lowest BCUT2D eigenvalue weighted by Gasteiger charge is -2.14. The first-order valence-electron chi connectivity index (χ1n) is 9.41. The highest BCUT2D eigenvalue weighted by atomic mass is 16.1. The molecule has 140 valence electrons. The Labute approximate surface area is 167 Å². The molecular weight excluding hydrogens is 360 g/mol. The molecule has 0 aliphatic rings. The van der Waals surface area contributed by atoms with Gasteiger partial charge in [-0.15, -0.1) is 0 Å². The molecule has 2 aromatic heterocycles. The smallest absolute Gasteiger partial charge is 0.268 e. The Hall–Kier alpha value is -3.99. The van der Waals surface area contributed by atoms with Gasteiger partial charge in [-0.3, -0.25) is 9.36 Å². The van der Waals surface area contributed by atoms with Crippen LogP contribution in [0.5, 0.6) is 0 Å². The second-order valence-corrected chi connectivity index (χ2v) is 6.91. The van der Waals surface area contributed by atoms with E-state index in [1.807, 2.05) is 91.9 Å². The molecule has 29 heavy (non-hydrogen) atoms. The van der Waals surface area contributed by atoms with Crippen LogP contribution in [0.4, 0.5) is 0 Å². The third-order valence-electron chi connectivity index (χ3n) is 4.89. The van der Waals surface area contributed by atoms with Gasteiger partial charge < -0.3 is 0 Å². The molecule has 0 spiro atoms.